The van der Waals surface area contributed by atoms with Crippen molar-refractivity contribution in [1.29, 1.82) is 0 Å². The number of amides is 1. The number of hydrogen-bond acceptors (Lipinski definition) is 3. The van der Waals surface area contributed by atoms with Crippen molar-refractivity contribution in [2.24, 2.45) is 0 Å². The summed E-state index contributed by atoms with van der Waals surface area (Å²) in [4.78, 5) is 14.5. The van der Waals surface area contributed by atoms with Gasteiger partial charge in [0.05, 0.1) is 13.2 Å². The molecule has 1 saturated carbocycles. The topological polar surface area (TPSA) is 38.8 Å². The van der Waals surface area contributed by atoms with E-state index in [1.54, 1.807) is 42.3 Å². The Hall–Kier alpha value is -2.56. The van der Waals surface area contributed by atoms with Gasteiger partial charge in [-0.15, -0.1) is 0 Å². The zero-order chi connectivity index (χ0) is 18.5. The average Bonchev–Trinajstić information content (AvgIpc) is 3.17. The van der Waals surface area contributed by atoms with E-state index in [2.05, 4.69) is 0 Å². The fourth-order valence-corrected chi connectivity index (χ4v) is 3.30. The van der Waals surface area contributed by atoms with Crippen LogP contribution >= 0.6 is 0 Å². The summed E-state index contributed by atoms with van der Waals surface area (Å²) in [6.07, 6.45) is 4.70. The van der Waals surface area contributed by atoms with Crippen LogP contribution in [-0.2, 0) is 0 Å². The van der Waals surface area contributed by atoms with Crippen molar-refractivity contribution in [2.45, 2.75) is 38.7 Å². The molecule has 0 radical (unpaired) electrons. The summed E-state index contributed by atoms with van der Waals surface area (Å²) >= 11 is 0. The fourth-order valence-electron chi connectivity index (χ4n) is 3.30. The van der Waals surface area contributed by atoms with E-state index in [1.807, 2.05) is 6.92 Å². The molecule has 2 aromatic carbocycles. The van der Waals surface area contributed by atoms with Gasteiger partial charge in [0.1, 0.15) is 5.82 Å². The smallest absolute Gasteiger partial charge is 0.258 e. The first-order chi connectivity index (χ1) is 12.6. The normalized spacial score (nSPS) is 14.3. The van der Waals surface area contributed by atoms with Gasteiger partial charge in [0.2, 0.25) is 0 Å². The molecule has 0 spiro atoms. The minimum absolute atomic E-state index is 0.162. The lowest BCUT2D eigenvalue weighted by Crippen LogP contribution is -2.30. The van der Waals surface area contributed by atoms with Gasteiger partial charge in [-0.1, -0.05) is 0 Å². The van der Waals surface area contributed by atoms with Crippen molar-refractivity contribution in [3.63, 3.8) is 0 Å². The Morgan fingerprint density at radius 3 is 2.42 bits per heavy atom. The predicted molar refractivity (Wildman–Crippen MR) is 99.6 cm³/mol. The lowest BCUT2D eigenvalue weighted by atomic mass is 10.1. The summed E-state index contributed by atoms with van der Waals surface area (Å²) in [5.74, 6) is 0.732. The Morgan fingerprint density at radius 1 is 1.12 bits per heavy atom. The minimum atomic E-state index is -0.327. The molecule has 1 fully saturated rings. The van der Waals surface area contributed by atoms with Crippen molar-refractivity contribution in [1.82, 2.24) is 0 Å². The molecule has 4 nitrogen and oxygen atoms in total. The number of carbonyl (C=O) groups is 1. The third-order valence-electron chi connectivity index (χ3n) is 4.71. The van der Waals surface area contributed by atoms with E-state index in [9.17, 15) is 9.18 Å². The first-order valence-corrected chi connectivity index (χ1v) is 9.04. The second kappa shape index (κ2) is 8.21. The van der Waals surface area contributed by atoms with Crippen LogP contribution in [0.1, 0.15) is 43.0 Å². The first-order valence-electron chi connectivity index (χ1n) is 9.04. The number of halogens is 1. The van der Waals surface area contributed by atoms with E-state index < -0.39 is 0 Å². The largest absolute Gasteiger partial charge is 0.493 e. The molecule has 0 saturated heterocycles. The molecule has 0 N–H and O–H groups in total. The molecule has 0 heterocycles. The van der Waals surface area contributed by atoms with Crippen molar-refractivity contribution in [3.8, 4) is 11.5 Å². The van der Waals surface area contributed by atoms with Crippen LogP contribution in [0.5, 0.6) is 11.5 Å². The molecule has 0 aliphatic heterocycles. The number of benzene rings is 2. The second-order valence-electron chi connectivity index (χ2n) is 6.42. The lowest BCUT2D eigenvalue weighted by molar-refractivity contribution is 0.0988. The summed E-state index contributed by atoms with van der Waals surface area (Å²) in [6, 6.07) is 11.2. The molecular weight excluding hydrogens is 333 g/mol. The number of carbonyl (C=O) groups excluding carboxylic acids is 1. The van der Waals surface area contributed by atoms with Crippen molar-refractivity contribution in [2.75, 3.05) is 18.6 Å². The van der Waals surface area contributed by atoms with Crippen LogP contribution in [-0.4, -0.2) is 25.7 Å². The van der Waals surface area contributed by atoms with Gasteiger partial charge >= 0.3 is 0 Å². The van der Waals surface area contributed by atoms with Crippen LogP contribution in [0.15, 0.2) is 42.5 Å². The summed E-state index contributed by atoms with van der Waals surface area (Å²) in [5, 5.41) is 0. The molecule has 3 rings (SSSR count). The van der Waals surface area contributed by atoms with Gasteiger partial charge in [-0.05, 0) is 75.1 Å². The molecule has 0 aromatic heterocycles. The molecule has 2 aromatic rings. The molecule has 1 aliphatic rings. The summed E-state index contributed by atoms with van der Waals surface area (Å²) in [6.45, 7) is 2.36. The fraction of sp³-hybridized carbons (Fsp3) is 0.381. The molecule has 0 atom stereocenters. The maximum Gasteiger partial charge on any atom is 0.258 e. The summed E-state index contributed by atoms with van der Waals surface area (Å²) in [7, 11) is 1.57. The molecule has 1 amide bonds. The van der Waals surface area contributed by atoms with Crippen molar-refractivity contribution < 1.29 is 18.7 Å². The number of hydrogen-bond donors (Lipinski definition) is 0. The Labute approximate surface area is 153 Å². The SMILES string of the molecule is CCN(C(=O)c1ccc(OC2CCCC2)c(OC)c1)c1ccc(F)cc1. The van der Waals surface area contributed by atoms with Crippen LogP contribution < -0.4 is 14.4 Å². The van der Waals surface area contributed by atoms with E-state index in [0.717, 1.165) is 12.8 Å². The molecule has 5 heteroatoms. The number of anilines is 1. The van der Waals surface area contributed by atoms with Crippen LogP contribution in [0.4, 0.5) is 10.1 Å². The Kier molecular flexibility index (Phi) is 5.76. The van der Waals surface area contributed by atoms with Crippen molar-refractivity contribution in [3.05, 3.63) is 53.8 Å². The van der Waals surface area contributed by atoms with E-state index in [0.29, 0.717) is 29.3 Å². The highest BCUT2D eigenvalue weighted by Gasteiger charge is 2.21. The standard InChI is InChI=1S/C21H24FNO3/c1-3-23(17-11-9-16(22)10-12-17)21(24)15-8-13-19(20(14-15)25-2)26-18-6-4-5-7-18/h8-14,18H,3-7H2,1-2H3. The molecule has 0 unspecified atom stereocenters. The van der Waals surface area contributed by atoms with Crippen LogP contribution in [0, 0.1) is 5.82 Å². The van der Waals surface area contributed by atoms with Gasteiger partial charge in [-0.2, -0.15) is 0 Å². The van der Waals surface area contributed by atoms with Gasteiger partial charge in [0.15, 0.2) is 11.5 Å². The number of methoxy groups -OCH3 is 1. The lowest BCUT2D eigenvalue weighted by Gasteiger charge is -2.22. The number of nitrogens with zero attached hydrogens (tertiary/aromatic N) is 1. The third-order valence-corrected chi connectivity index (χ3v) is 4.71. The van der Waals surface area contributed by atoms with Crippen LogP contribution in [0.2, 0.25) is 0 Å². The number of ether oxygens (including phenoxy) is 2. The van der Waals surface area contributed by atoms with E-state index in [4.69, 9.17) is 9.47 Å². The summed E-state index contributed by atoms with van der Waals surface area (Å²) in [5.41, 5.74) is 1.16. The van der Waals surface area contributed by atoms with E-state index in [1.165, 1.54) is 25.0 Å². The number of rotatable bonds is 6. The quantitative estimate of drug-likeness (QED) is 0.744. The zero-order valence-corrected chi connectivity index (χ0v) is 15.2. The first kappa shape index (κ1) is 18.2. The maximum atomic E-state index is 13.2. The maximum absolute atomic E-state index is 13.2. The van der Waals surface area contributed by atoms with Gasteiger partial charge < -0.3 is 14.4 Å². The third kappa shape index (κ3) is 3.98. The Balaban J connectivity index is 1.82. The molecule has 0 bridgehead atoms. The van der Waals surface area contributed by atoms with E-state index >= 15 is 0 Å². The molecule has 1 aliphatic carbocycles. The Morgan fingerprint density at radius 2 is 1.81 bits per heavy atom. The summed E-state index contributed by atoms with van der Waals surface area (Å²) < 4.78 is 24.6. The van der Waals surface area contributed by atoms with E-state index in [-0.39, 0.29) is 17.8 Å². The monoisotopic (exact) mass is 357 g/mol. The van der Waals surface area contributed by atoms with Crippen LogP contribution in [0.3, 0.4) is 0 Å². The van der Waals surface area contributed by atoms with Gasteiger partial charge in [0, 0.05) is 17.8 Å². The Bertz CT molecular complexity index is 754. The van der Waals surface area contributed by atoms with Crippen LogP contribution in [0.25, 0.3) is 0 Å². The van der Waals surface area contributed by atoms with Gasteiger partial charge in [0.25, 0.3) is 5.91 Å². The molecular formula is C21H24FNO3. The van der Waals surface area contributed by atoms with Gasteiger partial charge in [-0.3, -0.25) is 4.79 Å². The van der Waals surface area contributed by atoms with Crippen molar-refractivity contribution >= 4 is 11.6 Å². The highest BCUT2D eigenvalue weighted by Crippen LogP contribution is 2.33. The van der Waals surface area contributed by atoms with Gasteiger partial charge in [-0.25, -0.2) is 4.39 Å². The highest BCUT2D eigenvalue weighted by molar-refractivity contribution is 6.06. The zero-order valence-electron chi connectivity index (χ0n) is 15.2. The molecule has 138 valence electrons. The second-order valence-corrected chi connectivity index (χ2v) is 6.42. The predicted octanol–water partition coefficient (Wildman–Crippen LogP) is 4.82. The minimum Gasteiger partial charge on any atom is -0.493 e. The highest BCUT2D eigenvalue weighted by atomic mass is 19.1. The average molecular weight is 357 g/mol. The molecule has 26 heavy (non-hydrogen) atoms.